The number of nitrogens with zero attached hydrogens (tertiary/aromatic N) is 2. The molecule has 1 unspecified atom stereocenters. The van der Waals surface area contributed by atoms with E-state index in [2.05, 4.69) is 28.7 Å². The van der Waals surface area contributed by atoms with Gasteiger partial charge in [0.25, 0.3) is 0 Å². The van der Waals surface area contributed by atoms with Crippen molar-refractivity contribution in [2.45, 2.75) is 18.9 Å². The second kappa shape index (κ2) is 5.77. The molecule has 0 bridgehead atoms. The quantitative estimate of drug-likeness (QED) is 0.932. The number of hydrogen-bond acceptors (Lipinski definition) is 4. The summed E-state index contributed by atoms with van der Waals surface area (Å²) in [6.45, 7) is 0.980. The number of hydrogen-bond donors (Lipinski definition) is 1. The predicted octanol–water partition coefficient (Wildman–Crippen LogP) is 1.87. The molecule has 1 aromatic carbocycles. The van der Waals surface area contributed by atoms with E-state index in [4.69, 9.17) is 9.47 Å². The summed E-state index contributed by atoms with van der Waals surface area (Å²) in [6, 6.07) is 4.49. The number of nitrogens with one attached hydrogen (secondary N) is 1. The smallest absolute Gasteiger partial charge is 0.161 e. The van der Waals surface area contributed by atoms with Crippen LogP contribution in [0.5, 0.6) is 11.5 Å². The fourth-order valence-electron chi connectivity index (χ4n) is 2.96. The van der Waals surface area contributed by atoms with Crippen LogP contribution in [0.1, 0.15) is 22.7 Å². The number of methoxy groups -OCH3 is 2. The second-order valence-electron chi connectivity index (χ2n) is 5.39. The van der Waals surface area contributed by atoms with Crippen molar-refractivity contribution >= 4 is 0 Å². The fourth-order valence-corrected chi connectivity index (χ4v) is 2.96. The summed E-state index contributed by atoms with van der Waals surface area (Å²) in [5.74, 6) is 1.59. The number of rotatable bonds is 4. The van der Waals surface area contributed by atoms with Crippen LogP contribution in [0.2, 0.25) is 0 Å². The second-order valence-corrected chi connectivity index (χ2v) is 5.39. The van der Waals surface area contributed by atoms with Gasteiger partial charge in [-0.25, -0.2) is 0 Å². The van der Waals surface area contributed by atoms with Gasteiger partial charge < -0.3 is 14.8 Å². The molecule has 3 rings (SSSR count). The van der Waals surface area contributed by atoms with Crippen LogP contribution < -0.4 is 14.8 Å². The average Bonchev–Trinajstić information content (AvgIpc) is 2.91. The monoisotopic (exact) mass is 287 g/mol. The first-order valence-corrected chi connectivity index (χ1v) is 7.17. The van der Waals surface area contributed by atoms with Crippen LogP contribution in [-0.2, 0) is 19.9 Å². The molecule has 0 amide bonds. The topological polar surface area (TPSA) is 48.3 Å². The van der Waals surface area contributed by atoms with Crippen molar-refractivity contribution in [2.75, 3.05) is 20.8 Å². The fraction of sp³-hybridized carbons (Fsp3) is 0.438. The Labute approximate surface area is 124 Å². The minimum absolute atomic E-state index is 0.290. The van der Waals surface area contributed by atoms with E-state index in [1.54, 1.807) is 14.2 Å². The highest BCUT2D eigenvalue weighted by molar-refractivity contribution is 5.49. The van der Waals surface area contributed by atoms with Crippen LogP contribution in [0.3, 0.4) is 0 Å². The number of aryl methyl sites for hydroxylation is 1. The number of fused-ring (bicyclic) bond motifs is 1. The summed E-state index contributed by atoms with van der Waals surface area (Å²) in [5, 5.41) is 7.83. The van der Waals surface area contributed by atoms with E-state index < -0.39 is 0 Å². The molecule has 1 aliphatic heterocycles. The molecule has 2 heterocycles. The summed E-state index contributed by atoms with van der Waals surface area (Å²) in [5.41, 5.74) is 3.86. The van der Waals surface area contributed by atoms with Crippen molar-refractivity contribution in [2.24, 2.45) is 7.05 Å². The van der Waals surface area contributed by atoms with E-state index in [-0.39, 0.29) is 6.04 Å². The van der Waals surface area contributed by atoms with Crippen molar-refractivity contribution in [1.29, 1.82) is 0 Å². The van der Waals surface area contributed by atoms with Gasteiger partial charge >= 0.3 is 0 Å². The first-order chi connectivity index (χ1) is 10.2. The summed E-state index contributed by atoms with van der Waals surface area (Å²) in [6.07, 6.45) is 5.93. The molecule has 0 saturated carbocycles. The van der Waals surface area contributed by atoms with Gasteiger partial charge in [0.1, 0.15) is 0 Å². The van der Waals surface area contributed by atoms with Crippen LogP contribution in [0, 0.1) is 0 Å². The van der Waals surface area contributed by atoms with Gasteiger partial charge in [-0.2, -0.15) is 5.10 Å². The van der Waals surface area contributed by atoms with Crippen LogP contribution in [0.25, 0.3) is 0 Å². The zero-order valence-corrected chi connectivity index (χ0v) is 12.7. The maximum Gasteiger partial charge on any atom is 0.161 e. The van der Waals surface area contributed by atoms with Gasteiger partial charge in [-0.1, -0.05) is 0 Å². The molecule has 2 aromatic rings. The standard InChI is InChI=1S/C16H21N3O2/c1-19-10-11(9-18-19)6-14-13-8-16(21-3)15(20-2)7-12(13)4-5-17-14/h7-10,14,17H,4-6H2,1-3H3. The molecule has 0 radical (unpaired) electrons. The van der Waals surface area contributed by atoms with E-state index in [9.17, 15) is 0 Å². The van der Waals surface area contributed by atoms with E-state index in [0.717, 1.165) is 30.9 Å². The maximum atomic E-state index is 5.44. The third-order valence-corrected chi connectivity index (χ3v) is 4.00. The molecule has 1 aliphatic rings. The van der Waals surface area contributed by atoms with Gasteiger partial charge in [0.05, 0.1) is 20.4 Å². The maximum absolute atomic E-state index is 5.44. The number of aromatic nitrogens is 2. The Morgan fingerprint density at radius 1 is 1.29 bits per heavy atom. The first kappa shape index (κ1) is 13.9. The Hall–Kier alpha value is -2.01. The van der Waals surface area contributed by atoms with E-state index in [1.165, 1.54) is 16.7 Å². The minimum atomic E-state index is 0.290. The van der Waals surface area contributed by atoms with Crippen LogP contribution in [0.4, 0.5) is 0 Å². The molecule has 5 heteroatoms. The highest BCUT2D eigenvalue weighted by atomic mass is 16.5. The zero-order chi connectivity index (χ0) is 14.8. The van der Waals surface area contributed by atoms with Gasteiger partial charge in [0.2, 0.25) is 0 Å². The molecule has 112 valence electrons. The SMILES string of the molecule is COc1cc2c(cc1OC)C(Cc1cnn(C)c1)NCC2. The van der Waals surface area contributed by atoms with E-state index in [0.29, 0.717) is 0 Å². The molecule has 0 saturated heterocycles. The van der Waals surface area contributed by atoms with E-state index >= 15 is 0 Å². The van der Waals surface area contributed by atoms with Gasteiger partial charge in [0, 0.05) is 19.3 Å². The lowest BCUT2D eigenvalue weighted by Crippen LogP contribution is -2.31. The molecule has 1 atom stereocenters. The summed E-state index contributed by atoms with van der Waals surface area (Å²) < 4.78 is 12.7. The molecular weight excluding hydrogens is 266 g/mol. The van der Waals surface area contributed by atoms with Crippen molar-refractivity contribution in [3.8, 4) is 11.5 Å². The van der Waals surface area contributed by atoms with Gasteiger partial charge in [-0.15, -0.1) is 0 Å². The normalized spacial score (nSPS) is 17.4. The predicted molar refractivity (Wildman–Crippen MR) is 80.9 cm³/mol. The Kier molecular flexibility index (Phi) is 3.84. The zero-order valence-electron chi connectivity index (χ0n) is 12.7. The Balaban J connectivity index is 1.93. The highest BCUT2D eigenvalue weighted by Gasteiger charge is 2.23. The van der Waals surface area contributed by atoms with Gasteiger partial charge in [0.15, 0.2) is 11.5 Å². The van der Waals surface area contributed by atoms with Crippen LogP contribution in [-0.4, -0.2) is 30.5 Å². The molecule has 1 aromatic heterocycles. The molecule has 21 heavy (non-hydrogen) atoms. The first-order valence-electron chi connectivity index (χ1n) is 7.17. The number of benzene rings is 1. The molecule has 1 N–H and O–H groups in total. The summed E-state index contributed by atoms with van der Waals surface area (Å²) in [7, 11) is 5.30. The van der Waals surface area contributed by atoms with Crippen molar-refractivity contribution in [1.82, 2.24) is 15.1 Å². The van der Waals surface area contributed by atoms with Crippen LogP contribution in [0.15, 0.2) is 24.5 Å². The van der Waals surface area contributed by atoms with Crippen LogP contribution >= 0.6 is 0 Å². The largest absolute Gasteiger partial charge is 0.493 e. The molecule has 0 spiro atoms. The minimum Gasteiger partial charge on any atom is -0.493 e. The Morgan fingerprint density at radius 2 is 2.05 bits per heavy atom. The molecular formula is C16H21N3O2. The van der Waals surface area contributed by atoms with Crippen molar-refractivity contribution < 1.29 is 9.47 Å². The summed E-state index contributed by atoms with van der Waals surface area (Å²) >= 11 is 0. The third kappa shape index (κ3) is 2.74. The summed E-state index contributed by atoms with van der Waals surface area (Å²) in [4.78, 5) is 0. The lowest BCUT2D eigenvalue weighted by molar-refractivity contribution is 0.352. The van der Waals surface area contributed by atoms with E-state index in [1.807, 2.05) is 17.9 Å². The van der Waals surface area contributed by atoms with Gasteiger partial charge in [-0.05, 0) is 48.2 Å². The lowest BCUT2D eigenvalue weighted by Gasteiger charge is -2.28. The van der Waals surface area contributed by atoms with Gasteiger partial charge in [-0.3, -0.25) is 4.68 Å². The number of ether oxygens (including phenoxy) is 2. The molecule has 0 aliphatic carbocycles. The third-order valence-electron chi connectivity index (χ3n) is 4.00. The Morgan fingerprint density at radius 3 is 2.71 bits per heavy atom. The van der Waals surface area contributed by atoms with Crippen molar-refractivity contribution in [3.05, 3.63) is 41.2 Å². The van der Waals surface area contributed by atoms with Crippen molar-refractivity contribution in [3.63, 3.8) is 0 Å². The lowest BCUT2D eigenvalue weighted by atomic mass is 9.90. The molecule has 5 nitrogen and oxygen atoms in total. The average molecular weight is 287 g/mol. The molecule has 0 fully saturated rings. The highest BCUT2D eigenvalue weighted by Crippen LogP contribution is 2.36. The Bertz CT molecular complexity index is 636.